The molecule has 5 nitrogen and oxygen atoms in total. The van der Waals surface area contributed by atoms with Crippen molar-refractivity contribution in [2.45, 2.75) is 19.3 Å². The van der Waals surface area contributed by atoms with Crippen LogP contribution in [0.25, 0.3) is 101 Å². The van der Waals surface area contributed by atoms with Gasteiger partial charge in [-0.1, -0.05) is 190 Å². The van der Waals surface area contributed by atoms with Crippen LogP contribution in [0.4, 0.5) is 0 Å². The van der Waals surface area contributed by atoms with E-state index in [-0.39, 0.29) is 5.41 Å². The summed E-state index contributed by atoms with van der Waals surface area (Å²) in [7, 11) is 0. The molecular weight excluding hydrogens is 743 g/mol. The van der Waals surface area contributed by atoms with Gasteiger partial charge in [0.05, 0.1) is 11.4 Å². The van der Waals surface area contributed by atoms with Gasteiger partial charge in [-0.2, -0.15) is 0 Å². The fourth-order valence-corrected chi connectivity index (χ4v) is 8.76. The third kappa shape index (κ3) is 6.57. The van der Waals surface area contributed by atoms with E-state index in [0.29, 0.717) is 23.3 Å². The Morgan fingerprint density at radius 1 is 0.311 bits per heavy atom. The summed E-state index contributed by atoms with van der Waals surface area (Å²) < 4.78 is 0. The largest absolute Gasteiger partial charge is 0.228 e. The summed E-state index contributed by atoms with van der Waals surface area (Å²) in [5.41, 5.74) is 14.7. The zero-order valence-corrected chi connectivity index (χ0v) is 33.8. The minimum absolute atomic E-state index is 0.180. The normalized spacial score (nSPS) is 12.6. The Balaban J connectivity index is 0.999. The Labute approximate surface area is 355 Å². The summed E-state index contributed by atoms with van der Waals surface area (Å²) in [6.07, 6.45) is 0. The fourth-order valence-electron chi connectivity index (χ4n) is 8.76. The first-order chi connectivity index (χ1) is 30.0. The van der Waals surface area contributed by atoms with E-state index >= 15 is 0 Å². The van der Waals surface area contributed by atoms with E-state index in [0.717, 1.165) is 55.9 Å². The molecule has 0 N–H and O–H groups in total. The maximum atomic E-state index is 5.31. The maximum absolute atomic E-state index is 5.31. The van der Waals surface area contributed by atoms with Crippen molar-refractivity contribution in [2.24, 2.45) is 0 Å². The molecule has 8 aromatic carbocycles. The van der Waals surface area contributed by atoms with Crippen molar-refractivity contribution in [1.82, 2.24) is 24.9 Å². The Kier molecular flexibility index (Phi) is 8.75. The lowest BCUT2D eigenvalue weighted by Crippen LogP contribution is -2.15. The molecule has 0 atom stereocenters. The van der Waals surface area contributed by atoms with Crippen molar-refractivity contribution in [3.8, 4) is 90.3 Å². The van der Waals surface area contributed by atoms with Gasteiger partial charge in [-0.25, -0.2) is 24.9 Å². The summed E-state index contributed by atoms with van der Waals surface area (Å²) in [6, 6.07) is 69.7. The molecule has 0 radical (unpaired) electrons. The fraction of sp³-hybridized carbons (Fsp3) is 0.0536. The molecule has 0 saturated carbocycles. The second-order valence-corrected chi connectivity index (χ2v) is 16.1. The first-order valence-corrected chi connectivity index (χ1v) is 20.7. The molecule has 0 fully saturated rings. The highest BCUT2D eigenvalue weighted by molar-refractivity contribution is 6.02. The lowest BCUT2D eigenvalue weighted by Gasteiger charge is -2.22. The summed E-state index contributed by atoms with van der Waals surface area (Å²) in [4.78, 5) is 25.4. The van der Waals surface area contributed by atoms with Crippen LogP contribution in [-0.2, 0) is 5.41 Å². The number of hydrogen-bond donors (Lipinski definition) is 0. The van der Waals surface area contributed by atoms with Crippen molar-refractivity contribution >= 4 is 10.8 Å². The lowest BCUT2D eigenvalue weighted by atomic mass is 9.81. The Bertz CT molecular complexity index is 3210. The second-order valence-electron chi connectivity index (χ2n) is 16.1. The molecule has 2 aromatic heterocycles. The van der Waals surface area contributed by atoms with Crippen LogP contribution in [0.3, 0.4) is 0 Å². The predicted octanol–water partition coefficient (Wildman–Crippen LogP) is 13.8. The van der Waals surface area contributed by atoms with Crippen molar-refractivity contribution in [3.05, 3.63) is 211 Å². The molecule has 0 unspecified atom stereocenters. The first kappa shape index (κ1) is 36.2. The average molecular weight is 782 g/mol. The minimum Gasteiger partial charge on any atom is -0.228 e. The summed E-state index contributed by atoms with van der Waals surface area (Å²) in [5.74, 6) is 2.58. The van der Waals surface area contributed by atoms with E-state index in [9.17, 15) is 0 Å². The molecule has 1 aliphatic carbocycles. The van der Waals surface area contributed by atoms with E-state index in [1.807, 2.05) is 66.7 Å². The lowest BCUT2D eigenvalue weighted by molar-refractivity contribution is 0.661. The van der Waals surface area contributed by atoms with Gasteiger partial charge >= 0.3 is 0 Å². The zero-order chi connectivity index (χ0) is 40.9. The van der Waals surface area contributed by atoms with Crippen molar-refractivity contribution in [1.29, 1.82) is 0 Å². The standard InChI is InChI=1S/C56H39N5/c1-56(2)47-31-29-36-16-12-13-27-45(36)51(47)46-30-28-44(34-48(46)56)54-57-49(37-17-6-3-7-18-37)35-50(58-54)42-25-14-23-40(32-42)41-24-15-26-43(33-41)55-60-52(38-19-8-4-9-20-38)59-53(61-55)39-21-10-5-11-22-39/h3-35H,1-2H3. The van der Waals surface area contributed by atoms with Gasteiger partial charge in [0, 0.05) is 38.8 Å². The Morgan fingerprint density at radius 3 is 1.44 bits per heavy atom. The molecule has 61 heavy (non-hydrogen) atoms. The molecule has 0 amide bonds. The van der Waals surface area contributed by atoms with Crippen molar-refractivity contribution < 1.29 is 0 Å². The average Bonchev–Trinajstić information content (AvgIpc) is 3.57. The second kappa shape index (κ2) is 14.7. The van der Waals surface area contributed by atoms with Crippen LogP contribution in [0.5, 0.6) is 0 Å². The molecule has 10 aromatic rings. The number of rotatable bonds is 7. The number of hydrogen-bond acceptors (Lipinski definition) is 5. The summed E-state index contributed by atoms with van der Waals surface area (Å²) in [5, 5.41) is 2.54. The highest BCUT2D eigenvalue weighted by Crippen LogP contribution is 2.52. The van der Waals surface area contributed by atoms with Gasteiger partial charge in [-0.3, -0.25) is 0 Å². The Morgan fingerprint density at radius 2 is 0.787 bits per heavy atom. The van der Waals surface area contributed by atoms with Gasteiger partial charge in [-0.15, -0.1) is 0 Å². The quantitative estimate of drug-likeness (QED) is 0.161. The van der Waals surface area contributed by atoms with E-state index < -0.39 is 0 Å². The predicted molar refractivity (Wildman–Crippen MR) is 249 cm³/mol. The number of benzene rings is 8. The van der Waals surface area contributed by atoms with Gasteiger partial charge in [0.1, 0.15) is 0 Å². The number of aromatic nitrogens is 5. The smallest absolute Gasteiger partial charge is 0.164 e. The van der Waals surface area contributed by atoms with Gasteiger partial charge in [-0.05, 0) is 68.4 Å². The van der Waals surface area contributed by atoms with Crippen LogP contribution in [0, 0.1) is 0 Å². The molecule has 0 saturated heterocycles. The minimum atomic E-state index is -0.180. The third-order valence-electron chi connectivity index (χ3n) is 11.9. The summed E-state index contributed by atoms with van der Waals surface area (Å²) in [6.45, 7) is 4.66. The molecule has 0 spiro atoms. The highest BCUT2D eigenvalue weighted by atomic mass is 15.0. The third-order valence-corrected chi connectivity index (χ3v) is 11.9. The van der Waals surface area contributed by atoms with E-state index in [1.165, 1.54) is 33.0 Å². The molecule has 288 valence electrons. The Hall–Kier alpha value is -7.89. The molecule has 5 heteroatoms. The molecule has 11 rings (SSSR count). The molecule has 2 heterocycles. The van der Waals surface area contributed by atoms with Gasteiger partial charge in [0.2, 0.25) is 0 Å². The van der Waals surface area contributed by atoms with E-state index in [1.54, 1.807) is 0 Å². The molecular formula is C56H39N5. The molecule has 0 aliphatic heterocycles. The van der Waals surface area contributed by atoms with Crippen LogP contribution >= 0.6 is 0 Å². The summed E-state index contributed by atoms with van der Waals surface area (Å²) >= 11 is 0. The van der Waals surface area contributed by atoms with E-state index in [2.05, 4.69) is 147 Å². The number of fused-ring (bicyclic) bond motifs is 5. The van der Waals surface area contributed by atoms with E-state index in [4.69, 9.17) is 24.9 Å². The number of nitrogens with zero attached hydrogens (tertiary/aromatic N) is 5. The van der Waals surface area contributed by atoms with Crippen molar-refractivity contribution in [2.75, 3.05) is 0 Å². The first-order valence-electron chi connectivity index (χ1n) is 20.7. The molecule has 1 aliphatic rings. The van der Waals surface area contributed by atoms with Gasteiger partial charge in [0.15, 0.2) is 23.3 Å². The van der Waals surface area contributed by atoms with Crippen LogP contribution < -0.4 is 0 Å². The van der Waals surface area contributed by atoms with Crippen LogP contribution in [-0.4, -0.2) is 24.9 Å². The highest BCUT2D eigenvalue weighted by Gasteiger charge is 2.36. The van der Waals surface area contributed by atoms with Crippen LogP contribution in [0.2, 0.25) is 0 Å². The zero-order valence-electron chi connectivity index (χ0n) is 33.8. The SMILES string of the molecule is CC1(C)c2cc(-c3nc(-c4ccccc4)cc(-c4cccc(-c5cccc(-c6nc(-c7ccccc7)nc(-c7ccccc7)n6)c5)c4)n3)ccc2-c2c1ccc1ccccc21. The van der Waals surface area contributed by atoms with Crippen molar-refractivity contribution in [3.63, 3.8) is 0 Å². The molecule has 0 bridgehead atoms. The van der Waals surface area contributed by atoms with Gasteiger partial charge in [0.25, 0.3) is 0 Å². The van der Waals surface area contributed by atoms with Crippen LogP contribution in [0.15, 0.2) is 200 Å². The van der Waals surface area contributed by atoms with Gasteiger partial charge < -0.3 is 0 Å². The monoisotopic (exact) mass is 781 g/mol. The van der Waals surface area contributed by atoms with Crippen LogP contribution in [0.1, 0.15) is 25.0 Å². The maximum Gasteiger partial charge on any atom is 0.164 e. The topological polar surface area (TPSA) is 64.5 Å².